The third-order valence-electron chi connectivity index (χ3n) is 1.69. The lowest BCUT2D eigenvalue weighted by molar-refractivity contribution is -0.188. The lowest BCUT2D eigenvalue weighted by atomic mass is 10.2. The molecule has 1 fully saturated rings. The van der Waals surface area contributed by atoms with Crippen molar-refractivity contribution in [1.82, 2.24) is 15.8 Å². The van der Waals surface area contributed by atoms with E-state index in [0.29, 0.717) is 0 Å². The molecule has 0 aromatic rings. The van der Waals surface area contributed by atoms with Crippen LogP contribution in [-0.4, -0.2) is 46.0 Å². The van der Waals surface area contributed by atoms with Crippen LogP contribution in [0.5, 0.6) is 0 Å². The van der Waals surface area contributed by atoms with Crippen molar-refractivity contribution in [2.45, 2.75) is 18.9 Å². The van der Waals surface area contributed by atoms with E-state index in [-0.39, 0.29) is 0 Å². The smallest absolute Gasteiger partial charge is 0.300 e. The molecule has 1 saturated heterocycles. The summed E-state index contributed by atoms with van der Waals surface area (Å²) in [6, 6.07) is 0. The van der Waals surface area contributed by atoms with Crippen LogP contribution < -0.4 is 10.7 Å². The van der Waals surface area contributed by atoms with E-state index in [1.165, 1.54) is 14.0 Å². The Labute approximate surface area is 74.3 Å². The van der Waals surface area contributed by atoms with Crippen molar-refractivity contribution in [1.29, 1.82) is 0 Å². The van der Waals surface area contributed by atoms with Crippen LogP contribution in [0.4, 0.5) is 0 Å². The first-order chi connectivity index (χ1) is 5.85. The van der Waals surface area contributed by atoms with Gasteiger partial charge < -0.3 is 15.5 Å². The predicted octanol–water partition coefficient (Wildman–Crippen LogP) is -2.89. The van der Waals surface area contributed by atoms with Gasteiger partial charge in [0.15, 0.2) is 6.17 Å². The molecule has 4 N–H and O–H groups in total. The molecule has 0 spiro atoms. The average molecular weight is 189 g/mol. The molecule has 1 aliphatic rings. The van der Waals surface area contributed by atoms with Crippen LogP contribution in [0.3, 0.4) is 0 Å². The summed E-state index contributed by atoms with van der Waals surface area (Å²) in [6.45, 7) is 1.21. The number of nitrogens with one attached hydrogen (secondary N) is 2. The van der Waals surface area contributed by atoms with Gasteiger partial charge >= 0.3 is 0 Å². The van der Waals surface area contributed by atoms with Crippen molar-refractivity contribution in [3.63, 3.8) is 0 Å². The van der Waals surface area contributed by atoms with Crippen molar-refractivity contribution >= 4 is 11.8 Å². The number of amides is 2. The van der Waals surface area contributed by atoms with Gasteiger partial charge in [0.05, 0.1) is 0 Å². The summed E-state index contributed by atoms with van der Waals surface area (Å²) in [6.07, 6.45) is -1.21. The molecule has 0 saturated carbocycles. The zero-order chi connectivity index (χ0) is 10.2. The van der Waals surface area contributed by atoms with Crippen LogP contribution >= 0.6 is 0 Å². The molecule has 13 heavy (non-hydrogen) atoms. The number of aliphatic hydroxyl groups is 2. The van der Waals surface area contributed by atoms with E-state index in [1.54, 1.807) is 0 Å². The molecule has 2 amide bonds. The second-order valence-corrected chi connectivity index (χ2v) is 2.85. The highest BCUT2D eigenvalue weighted by atomic mass is 16.5. The number of hydrogen-bond acceptors (Lipinski definition) is 5. The Balaban J connectivity index is 2.78. The van der Waals surface area contributed by atoms with Gasteiger partial charge in [0.1, 0.15) is 0 Å². The molecule has 1 heterocycles. The van der Waals surface area contributed by atoms with Gasteiger partial charge in [-0.25, -0.2) is 5.43 Å². The minimum absolute atomic E-state index is 0.465. The molecule has 7 heteroatoms. The third kappa shape index (κ3) is 1.62. The summed E-state index contributed by atoms with van der Waals surface area (Å²) in [5.74, 6) is -3.96. The molecule has 0 bridgehead atoms. The number of nitrogens with zero attached hydrogens (tertiary/aromatic N) is 1. The SMILES string of the molecule is CC(=O)NC1NN(C)C(=O)C1(O)O. The van der Waals surface area contributed by atoms with E-state index in [0.717, 1.165) is 5.01 Å². The maximum absolute atomic E-state index is 11.0. The monoisotopic (exact) mass is 189 g/mol. The van der Waals surface area contributed by atoms with Crippen molar-refractivity contribution in [3.8, 4) is 0 Å². The van der Waals surface area contributed by atoms with Crippen molar-refractivity contribution in [2.24, 2.45) is 0 Å². The molecule has 1 unspecified atom stereocenters. The molecule has 0 aliphatic carbocycles. The molecule has 1 atom stereocenters. The normalized spacial score (nSPS) is 26.3. The summed E-state index contributed by atoms with van der Waals surface area (Å²) in [5.41, 5.74) is 2.38. The van der Waals surface area contributed by atoms with Gasteiger partial charge in [-0.15, -0.1) is 0 Å². The van der Waals surface area contributed by atoms with E-state index in [4.69, 9.17) is 0 Å². The lowest BCUT2D eigenvalue weighted by Crippen LogP contribution is -2.56. The molecular formula is C6H11N3O4. The van der Waals surface area contributed by atoms with Gasteiger partial charge in [-0.2, -0.15) is 0 Å². The number of carbonyl (C=O) groups excluding carboxylic acids is 2. The standard InChI is InChI=1S/C6H11N3O4/c1-3(10)7-4-6(12,13)5(11)9(2)8-4/h4,8,12-13H,1-2H3,(H,7,10). The fourth-order valence-electron chi connectivity index (χ4n) is 1.05. The average Bonchev–Trinajstić information content (AvgIpc) is 2.15. The van der Waals surface area contributed by atoms with Crippen LogP contribution in [0, 0.1) is 0 Å². The van der Waals surface area contributed by atoms with E-state index < -0.39 is 23.8 Å². The minimum Gasteiger partial charge on any atom is -0.355 e. The van der Waals surface area contributed by atoms with Crippen LogP contribution in [-0.2, 0) is 9.59 Å². The van der Waals surface area contributed by atoms with E-state index in [9.17, 15) is 19.8 Å². The Hall–Kier alpha value is -1.18. The van der Waals surface area contributed by atoms with Gasteiger partial charge in [-0.1, -0.05) is 0 Å². The fourth-order valence-corrected chi connectivity index (χ4v) is 1.05. The topological polar surface area (TPSA) is 102 Å². The van der Waals surface area contributed by atoms with Crippen LogP contribution in [0.15, 0.2) is 0 Å². The molecule has 1 rings (SSSR count). The quantitative estimate of drug-likeness (QED) is 0.331. The number of hydrogen-bond donors (Lipinski definition) is 4. The first-order valence-corrected chi connectivity index (χ1v) is 3.62. The number of hydrazine groups is 1. The number of rotatable bonds is 1. The Kier molecular flexibility index (Phi) is 2.24. The first-order valence-electron chi connectivity index (χ1n) is 3.62. The summed E-state index contributed by atoms with van der Waals surface area (Å²) in [7, 11) is 1.32. The molecule has 74 valence electrons. The maximum Gasteiger partial charge on any atom is 0.300 e. The van der Waals surface area contributed by atoms with Gasteiger partial charge in [0.2, 0.25) is 5.91 Å². The molecule has 1 aliphatic heterocycles. The molecule has 0 aromatic heterocycles. The highest BCUT2D eigenvalue weighted by Gasteiger charge is 2.51. The highest BCUT2D eigenvalue weighted by Crippen LogP contribution is 2.14. The number of carbonyl (C=O) groups is 2. The molecular weight excluding hydrogens is 178 g/mol. The van der Waals surface area contributed by atoms with E-state index >= 15 is 0 Å². The van der Waals surface area contributed by atoms with Gasteiger partial charge in [-0.3, -0.25) is 14.6 Å². The first kappa shape index (κ1) is 9.90. The summed E-state index contributed by atoms with van der Waals surface area (Å²) in [4.78, 5) is 21.6. The van der Waals surface area contributed by atoms with Crippen molar-refractivity contribution in [3.05, 3.63) is 0 Å². The van der Waals surface area contributed by atoms with Crippen molar-refractivity contribution < 1.29 is 19.8 Å². The largest absolute Gasteiger partial charge is 0.355 e. The van der Waals surface area contributed by atoms with Gasteiger partial charge in [0.25, 0.3) is 11.7 Å². The highest BCUT2D eigenvalue weighted by molar-refractivity contribution is 5.86. The van der Waals surface area contributed by atoms with Crippen LogP contribution in [0.1, 0.15) is 6.92 Å². The zero-order valence-electron chi connectivity index (χ0n) is 7.24. The number of likely N-dealkylation sites (N-methyl/N-ethyl adjacent to an activating group) is 1. The van der Waals surface area contributed by atoms with E-state index in [1.807, 2.05) is 0 Å². The Morgan fingerprint density at radius 1 is 1.69 bits per heavy atom. The Morgan fingerprint density at radius 3 is 2.54 bits per heavy atom. The predicted molar refractivity (Wildman–Crippen MR) is 40.7 cm³/mol. The van der Waals surface area contributed by atoms with Gasteiger partial charge in [0, 0.05) is 14.0 Å². The Morgan fingerprint density at radius 2 is 2.23 bits per heavy atom. The van der Waals surface area contributed by atoms with Crippen molar-refractivity contribution in [2.75, 3.05) is 7.05 Å². The Bertz CT molecular complexity index is 252. The van der Waals surface area contributed by atoms with Crippen LogP contribution in [0.2, 0.25) is 0 Å². The lowest BCUT2D eigenvalue weighted by Gasteiger charge is -2.19. The molecule has 7 nitrogen and oxygen atoms in total. The summed E-state index contributed by atoms with van der Waals surface area (Å²) in [5, 5.41) is 21.5. The van der Waals surface area contributed by atoms with Gasteiger partial charge in [-0.05, 0) is 0 Å². The van der Waals surface area contributed by atoms with E-state index in [2.05, 4.69) is 10.7 Å². The summed E-state index contributed by atoms with van der Waals surface area (Å²) < 4.78 is 0. The fraction of sp³-hybridized carbons (Fsp3) is 0.667. The second-order valence-electron chi connectivity index (χ2n) is 2.85. The minimum atomic E-state index is -2.58. The van der Waals surface area contributed by atoms with Crippen LogP contribution in [0.25, 0.3) is 0 Å². The third-order valence-corrected chi connectivity index (χ3v) is 1.69. The zero-order valence-corrected chi connectivity index (χ0v) is 7.24. The maximum atomic E-state index is 11.0. The summed E-state index contributed by atoms with van der Waals surface area (Å²) >= 11 is 0. The second kappa shape index (κ2) is 2.95. The molecule has 0 aromatic carbocycles. The molecule has 0 radical (unpaired) electrons.